The summed E-state index contributed by atoms with van der Waals surface area (Å²) in [5, 5.41) is 11.6. The molecule has 7 aromatic rings. The molecule has 0 bridgehead atoms. The molecule has 5 atom stereocenters. The van der Waals surface area contributed by atoms with Gasteiger partial charge < -0.3 is 10.2 Å². The van der Waals surface area contributed by atoms with Gasteiger partial charge in [-0.15, -0.1) is 0 Å². The first-order chi connectivity index (χ1) is 28.8. The molecule has 58 heavy (non-hydrogen) atoms. The number of nitrogens with one attached hydrogen (secondary N) is 1. The second-order valence-electron chi connectivity index (χ2n) is 15.8. The van der Waals surface area contributed by atoms with Gasteiger partial charge in [-0.3, -0.25) is 5.01 Å². The van der Waals surface area contributed by atoms with E-state index < -0.39 is 0 Å². The Labute approximate surface area is 338 Å². The number of anilines is 4. The second-order valence-corrected chi connectivity index (χ2v) is 15.8. The lowest BCUT2D eigenvalue weighted by molar-refractivity contribution is 0.422. The second kappa shape index (κ2) is 13.0. The van der Waals surface area contributed by atoms with Crippen molar-refractivity contribution >= 4 is 40.0 Å². The minimum Gasteiger partial charge on any atom is -0.355 e. The van der Waals surface area contributed by atoms with E-state index in [0.717, 1.165) is 16.9 Å². The summed E-state index contributed by atoms with van der Waals surface area (Å²) in [7, 11) is 0. The van der Waals surface area contributed by atoms with E-state index in [4.69, 9.17) is 0 Å². The van der Waals surface area contributed by atoms with Crippen molar-refractivity contribution in [2.75, 3.05) is 15.2 Å². The zero-order chi connectivity index (χ0) is 38.3. The molecular weight excluding hydrogens is 705 g/mol. The van der Waals surface area contributed by atoms with Crippen LogP contribution in [-0.2, 0) is 0 Å². The summed E-state index contributed by atoms with van der Waals surface area (Å²) in [6.07, 6.45) is 11.2. The Balaban J connectivity index is 1.08. The molecule has 4 nitrogen and oxygen atoms in total. The number of rotatable bonds is 7. The molecule has 12 rings (SSSR count). The summed E-state index contributed by atoms with van der Waals surface area (Å²) in [6, 6.07) is 62.0. The van der Waals surface area contributed by atoms with Gasteiger partial charge in [0.05, 0.1) is 23.5 Å². The van der Waals surface area contributed by atoms with Gasteiger partial charge in [-0.2, -0.15) is 5.01 Å². The van der Waals surface area contributed by atoms with Gasteiger partial charge >= 0.3 is 0 Å². The van der Waals surface area contributed by atoms with Gasteiger partial charge in [0, 0.05) is 34.0 Å². The van der Waals surface area contributed by atoms with Crippen LogP contribution in [0.3, 0.4) is 0 Å². The van der Waals surface area contributed by atoms with E-state index in [2.05, 4.69) is 227 Å². The Bertz CT molecular complexity index is 2930. The molecule has 2 aliphatic carbocycles. The van der Waals surface area contributed by atoms with Crippen LogP contribution in [0.25, 0.3) is 39.5 Å². The molecule has 1 N–H and O–H groups in total. The van der Waals surface area contributed by atoms with Crippen LogP contribution in [0.4, 0.5) is 22.7 Å². The number of hydrogen-bond donors (Lipinski definition) is 1. The normalized spacial score (nSPS) is 21.4. The van der Waals surface area contributed by atoms with Crippen LogP contribution in [0, 0.1) is 5.92 Å². The van der Waals surface area contributed by atoms with Crippen molar-refractivity contribution < 1.29 is 0 Å². The highest BCUT2D eigenvalue weighted by Crippen LogP contribution is 2.61. The fourth-order valence-corrected chi connectivity index (χ4v) is 10.3. The number of nitrogens with zero attached hydrogens (tertiary/aromatic N) is 3. The van der Waals surface area contributed by atoms with E-state index in [-0.39, 0.29) is 24.3 Å². The summed E-state index contributed by atoms with van der Waals surface area (Å²) in [5.41, 5.74) is 17.3. The first kappa shape index (κ1) is 33.0. The molecule has 0 saturated carbocycles. The van der Waals surface area contributed by atoms with E-state index in [0.29, 0.717) is 0 Å². The third-order valence-electron chi connectivity index (χ3n) is 12.7. The highest BCUT2D eigenvalue weighted by Gasteiger charge is 2.63. The van der Waals surface area contributed by atoms with Gasteiger partial charge in [0.15, 0.2) is 6.29 Å². The average Bonchev–Trinajstić information content (AvgIpc) is 3.75. The molecule has 5 aliphatic rings. The van der Waals surface area contributed by atoms with E-state index >= 15 is 0 Å². The predicted octanol–water partition coefficient (Wildman–Crippen LogP) is 10.8. The van der Waals surface area contributed by atoms with Crippen molar-refractivity contribution in [1.29, 1.82) is 0 Å². The van der Waals surface area contributed by atoms with Crippen molar-refractivity contribution in [2.45, 2.75) is 18.4 Å². The van der Waals surface area contributed by atoms with Gasteiger partial charge in [-0.05, 0) is 91.9 Å². The maximum absolute atomic E-state index is 4.48. The summed E-state index contributed by atoms with van der Waals surface area (Å²) in [5.74, 6) is 0.175. The molecule has 7 aromatic carbocycles. The smallest absolute Gasteiger partial charge is 0.193 e. The zero-order valence-electron chi connectivity index (χ0n) is 31.9. The maximum atomic E-state index is 4.48. The quantitative estimate of drug-likeness (QED) is 0.164. The summed E-state index contributed by atoms with van der Waals surface area (Å²) in [6.45, 7) is 4.48. The monoisotopic (exact) mass is 744 g/mol. The molecule has 0 spiro atoms. The largest absolute Gasteiger partial charge is 0.355 e. The topological polar surface area (TPSA) is 21.3 Å². The highest BCUT2D eigenvalue weighted by molar-refractivity contribution is 5.99. The minimum absolute atomic E-state index is 0.0127. The van der Waals surface area contributed by atoms with Crippen molar-refractivity contribution in [3.05, 3.63) is 233 Å². The fourth-order valence-electron chi connectivity index (χ4n) is 10.3. The van der Waals surface area contributed by atoms with Crippen LogP contribution in [0.2, 0.25) is 0 Å². The third kappa shape index (κ3) is 4.92. The summed E-state index contributed by atoms with van der Waals surface area (Å²) < 4.78 is 0. The Morgan fingerprint density at radius 3 is 1.98 bits per heavy atom. The molecule has 0 aromatic heterocycles. The molecule has 3 aliphatic heterocycles. The van der Waals surface area contributed by atoms with Crippen molar-refractivity contribution in [2.24, 2.45) is 5.92 Å². The fraction of sp³-hybridized carbons (Fsp3) is 0.0741. The van der Waals surface area contributed by atoms with Crippen molar-refractivity contribution in [1.82, 2.24) is 5.01 Å². The standard InChI is InChI=1S/C54H40N4/c1-2-41-48(55-40-22-10-5-11-23-40)31-30-47-50-44-26-14-12-24-42(44)43-25-13-15-27-45(43)53(50)56(52(41)47)54-57-49-29-17-16-28-46(49)51(58(54)57)39-33-37(35-18-6-3-7-19-35)32-38(34-39)36-20-8-4-9-21-36/h2-34,45,51,53-55H,1H2. The van der Waals surface area contributed by atoms with Crippen LogP contribution < -0.4 is 25.7 Å². The zero-order valence-corrected chi connectivity index (χ0v) is 31.9. The number of para-hydroxylation sites is 2. The maximum Gasteiger partial charge on any atom is 0.193 e. The summed E-state index contributed by atoms with van der Waals surface area (Å²) in [4.78, 5) is 2.74. The van der Waals surface area contributed by atoms with E-state index in [9.17, 15) is 0 Å². The molecule has 3 heterocycles. The van der Waals surface area contributed by atoms with Gasteiger partial charge in [-0.1, -0.05) is 164 Å². The van der Waals surface area contributed by atoms with Crippen molar-refractivity contribution in [3.63, 3.8) is 0 Å². The minimum atomic E-state index is -0.0294. The Morgan fingerprint density at radius 1 is 0.603 bits per heavy atom. The highest BCUT2D eigenvalue weighted by atomic mass is 15.9. The molecule has 276 valence electrons. The van der Waals surface area contributed by atoms with Gasteiger partial charge in [0.25, 0.3) is 0 Å². The Hall–Kier alpha value is -7.14. The van der Waals surface area contributed by atoms with Crippen LogP contribution >= 0.6 is 0 Å². The molecule has 5 unspecified atom stereocenters. The molecule has 0 amide bonds. The molecule has 0 radical (unpaired) electrons. The molecule has 4 heteroatoms. The van der Waals surface area contributed by atoms with Crippen LogP contribution in [0.1, 0.15) is 28.3 Å². The Kier molecular flexibility index (Phi) is 7.38. The number of hydrogen-bond acceptors (Lipinski definition) is 4. The lowest BCUT2D eigenvalue weighted by Gasteiger charge is -2.37. The molecule has 1 saturated heterocycles. The SMILES string of the molecule is C=Cc1c(Nc2ccccc2)ccc2c1N(C1N3c4ccccc4C(c4cc(-c5ccccc5)cc(-c5ccccc5)c4)N13)C1C2=c2ccccc2=C2C=CC=CC21. The predicted molar refractivity (Wildman–Crippen MR) is 240 cm³/mol. The lowest BCUT2D eigenvalue weighted by Crippen LogP contribution is -2.49. The number of allylic oxidation sites excluding steroid dienone is 3. The average molecular weight is 745 g/mol. The number of benzene rings is 7. The lowest BCUT2D eigenvalue weighted by atomic mass is 9.77. The van der Waals surface area contributed by atoms with Gasteiger partial charge in [0.2, 0.25) is 0 Å². The van der Waals surface area contributed by atoms with Crippen LogP contribution in [0.15, 0.2) is 201 Å². The van der Waals surface area contributed by atoms with Gasteiger partial charge in [0.1, 0.15) is 0 Å². The van der Waals surface area contributed by atoms with Crippen LogP contribution in [0.5, 0.6) is 0 Å². The molecule has 1 fully saturated rings. The van der Waals surface area contributed by atoms with E-state index in [1.165, 1.54) is 71.9 Å². The Morgan fingerprint density at radius 2 is 1.26 bits per heavy atom. The number of hydrazine groups is 1. The first-order valence-corrected chi connectivity index (χ1v) is 20.3. The van der Waals surface area contributed by atoms with E-state index in [1.54, 1.807) is 0 Å². The summed E-state index contributed by atoms with van der Waals surface area (Å²) >= 11 is 0. The van der Waals surface area contributed by atoms with Gasteiger partial charge in [-0.25, -0.2) is 0 Å². The molecular formula is C54H40N4. The first-order valence-electron chi connectivity index (χ1n) is 20.3. The van der Waals surface area contributed by atoms with E-state index in [1.807, 2.05) is 0 Å². The third-order valence-corrected chi connectivity index (χ3v) is 12.7. The van der Waals surface area contributed by atoms with Crippen molar-refractivity contribution in [3.8, 4) is 22.3 Å². The number of fused-ring (bicyclic) bond motifs is 9. The van der Waals surface area contributed by atoms with Crippen LogP contribution in [-0.4, -0.2) is 17.3 Å².